The minimum absolute atomic E-state index is 0.0607. The van der Waals surface area contributed by atoms with Crippen molar-refractivity contribution in [3.8, 4) is 17.1 Å². The molecule has 0 amide bonds. The van der Waals surface area contributed by atoms with Gasteiger partial charge < -0.3 is 9.39 Å². The van der Waals surface area contributed by atoms with Crippen molar-refractivity contribution in [2.75, 3.05) is 7.11 Å². The lowest BCUT2D eigenvalue weighted by atomic mass is 9.58. The third kappa shape index (κ3) is 4.04. The molecule has 0 aliphatic heterocycles. The van der Waals surface area contributed by atoms with E-state index in [1.807, 2.05) is 26.0 Å². The predicted molar refractivity (Wildman–Crippen MR) is 125 cm³/mol. The number of hydrogen-bond donors (Lipinski definition) is 0. The number of aromatic nitrogens is 2. The molecule has 1 heterocycles. The quantitative estimate of drug-likeness (QED) is 0.313. The van der Waals surface area contributed by atoms with Gasteiger partial charge in [0, 0.05) is 18.4 Å². The molecule has 4 aromatic rings. The highest BCUT2D eigenvalue weighted by molar-refractivity contribution is 6.67. The van der Waals surface area contributed by atoms with Gasteiger partial charge >= 0.3 is 6.92 Å². The smallest absolute Gasteiger partial charge is 0.330 e. The van der Waals surface area contributed by atoms with Gasteiger partial charge in [0.2, 0.25) is 0 Å². The van der Waals surface area contributed by atoms with Crippen molar-refractivity contribution >= 4 is 23.4 Å². The van der Waals surface area contributed by atoms with Gasteiger partial charge in [-0.25, -0.2) is 4.98 Å². The Bertz CT molecular complexity index is 1140. The highest BCUT2D eigenvalue weighted by Gasteiger charge is 2.27. The zero-order chi connectivity index (χ0) is 21.1. The van der Waals surface area contributed by atoms with Crippen molar-refractivity contribution in [2.45, 2.75) is 32.9 Å². The number of nitrogens with zero attached hydrogens (tertiary/aromatic N) is 2. The molecule has 30 heavy (non-hydrogen) atoms. The number of fused-ring (bicyclic) bond motifs is 1. The monoisotopic (exact) mass is 398 g/mol. The van der Waals surface area contributed by atoms with Crippen LogP contribution in [0.1, 0.15) is 20.8 Å². The molecule has 0 spiro atoms. The Kier molecular flexibility index (Phi) is 5.75. The van der Waals surface area contributed by atoms with Crippen molar-refractivity contribution < 1.29 is 9.39 Å². The summed E-state index contributed by atoms with van der Waals surface area (Å²) in [7, 11) is 1.67. The number of benzene rings is 3. The average Bonchev–Trinajstić information content (AvgIpc) is 3.18. The zero-order valence-electron chi connectivity index (χ0n) is 18.0. The van der Waals surface area contributed by atoms with E-state index < -0.39 is 5.79 Å². The first-order valence-corrected chi connectivity index (χ1v) is 10.4. The number of methoxy groups -OCH3 is 1. The molecule has 0 radical (unpaired) electrons. The Morgan fingerprint density at radius 1 is 0.933 bits per heavy atom. The molecular formula is C25H27BN2O2. The van der Waals surface area contributed by atoms with Gasteiger partial charge in [0.15, 0.2) is 0 Å². The molecule has 0 aliphatic carbocycles. The Hall–Kier alpha value is -2.89. The zero-order valence-corrected chi connectivity index (χ0v) is 18.0. The number of ether oxygens (including phenoxy) is 1. The highest BCUT2D eigenvalue weighted by Crippen LogP contribution is 2.28. The van der Waals surface area contributed by atoms with Crippen molar-refractivity contribution in [1.29, 1.82) is 0 Å². The summed E-state index contributed by atoms with van der Waals surface area (Å²) in [5, 5.41) is 0. The van der Waals surface area contributed by atoms with E-state index in [0.717, 1.165) is 39.9 Å². The van der Waals surface area contributed by atoms with Gasteiger partial charge in [-0.15, -0.1) is 0 Å². The Labute approximate surface area is 178 Å². The van der Waals surface area contributed by atoms with Crippen molar-refractivity contribution in [3.05, 3.63) is 78.9 Å². The number of para-hydroxylation sites is 3. The maximum atomic E-state index is 6.24. The molecule has 1 aromatic heterocycles. The molecule has 0 N–H and O–H groups in total. The lowest BCUT2D eigenvalue weighted by Crippen LogP contribution is -2.42. The van der Waals surface area contributed by atoms with Crippen LogP contribution >= 0.6 is 0 Å². The van der Waals surface area contributed by atoms with Gasteiger partial charge in [0.05, 0.1) is 11.0 Å². The maximum absolute atomic E-state index is 6.24. The van der Waals surface area contributed by atoms with Crippen molar-refractivity contribution in [3.63, 3.8) is 0 Å². The summed E-state index contributed by atoms with van der Waals surface area (Å²) in [6.07, 6.45) is 0.853. The van der Waals surface area contributed by atoms with Crippen LogP contribution in [0.15, 0.2) is 78.9 Å². The Balaban J connectivity index is 1.83. The van der Waals surface area contributed by atoms with Gasteiger partial charge in [-0.3, -0.25) is 4.57 Å². The lowest BCUT2D eigenvalue weighted by Gasteiger charge is -2.28. The summed E-state index contributed by atoms with van der Waals surface area (Å²) in [4.78, 5) is 4.97. The number of rotatable bonds is 7. The molecule has 0 saturated heterocycles. The Morgan fingerprint density at radius 2 is 1.67 bits per heavy atom. The van der Waals surface area contributed by atoms with Gasteiger partial charge in [0.25, 0.3) is 0 Å². The summed E-state index contributed by atoms with van der Waals surface area (Å²) < 4.78 is 13.9. The van der Waals surface area contributed by atoms with Gasteiger partial charge in [-0.1, -0.05) is 61.5 Å². The van der Waals surface area contributed by atoms with E-state index in [0.29, 0.717) is 0 Å². The topological polar surface area (TPSA) is 36.3 Å². The summed E-state index contributed by atoms with van der Waals surface area (Å²) in [6, 6.07) is 27.1. The second-order valence-corrected chi connectivity index (χ2v) is 7.84. The minimum atomic E-state index is -0.645. The fourth-order valence-electron chi connectivity index (χ4n) is 3.71. The second kappa shape index (κ2) is 8.46. The molecule has 4 nitrogen and oxygen atoms in total. The fraction of sp³-hybridized carbons (Fsp3) is 0.240. The number of hydrogen-bond acceptors (Lipinski definition) is 3. The van der Waals surface area contributed by atoms with Gasteiger partial charge in [-0.05, 0) is 49.9 Å². The van der Waals surface area contributed by atoms with E-state index in [9.17, 15) is 0 Å². The summed E-state index contributed by atoms with van der Waals surface area (Å²) >= 11 is 0. The van der Waals surface area contributed by atoms with Gasteiger partial charge in [-0.2, -0.15) is 0 Å². The molecule has 0 fully saturated rings. The molecular weight excluding hydrogens is 371 g/mol. The first kappa shape index (κ1) is 20.4. The van der Waals surface area contributed by atoms with E-state index in [1.165, 1.54) is 0 Å². The van der Waals surface area contributed by atoms with Crippen LogP contribution in [0.4, 0.5) is 0 Å². The van der Waals surface area contributed by atoms with E-state index in [1.54, 1.807) is 7.11 Å². The molecule has 0 atom stereocenters. The van der Waals surface area contributed by atoms with Crippen LogP contribution in [0.5, 0.6) is 0 Å². The standard InChI is InChI=1S/C25H27BN2O2/c1-5-26(30-25(2,3)29-4)20-13-11-12-19(18-20)24-27-22-16-9-10-17-23(22)28(24)21-14-7-6-8-15-21/h6-18H,5H2,1-4H3. The van der Waals surface area contributed by atoms with Crippen LogP contribution in [-0.2, 0) is 9.39 Å². The molecule has 0 saturated carbocycles. The minimum Gasteiger partial charge on any atom is -0.405 e. The van der Waals surface area contributed by atoms with Crippen LogP contribution in [-0.4, -0.2) is 29.4 Å². The lowest BCUT2D eigenvalue weighted by molar-refractivity contribution is -0.136. The van der Waals surface area contributed by atoms with Crippen molar-refractivity contribution in [1.82, 2.24) is 9.55 Å². The van der Waals surface area contributed by atoms with E-state index >= 15 is 0 Å². The van der Waals surface area contributed by atoms with E-state index in [2.05, 4.69) is 78.2 Å². The average molecular weight is 398 g/mol. The van der Waals surface area contributed by atoms with Crippen LogP contribution in [0.25, 0.3) is 28.1 Å². The summed E-state index contributed by atoms with van der Waals surface area (Å²) in [6.45, 7) is 5.94. The second-order valence-electron chi connectivity index (χ2n) is 7.84. The highest BCUT2D eigenvalue weighted by atomic mass is 16.7. The molecule has 0 bridgehead atoms. The molecule has 0 aliphatic rings. The fourth-order valence-corrected chi connectivity index (χ4v) is 3.71. The SMILES string of the molecule is CCB(OC(C)(C)OC)c1cccc(-c2nc3ccccc3n2-c2ccccc2)c1. The molecule has 0 unspecified atom stereocenters. The summed E-state index contributed by atoms with van der Waals surface area (Å²) in [5.41, 5.74) is 5.34. The van der Waals surface area contributed by atoms with Crippen LogP contribution in [0, 0.1) is 0 Å². The van der Waals surface area contributed by atoms with Crippen LogP contribution in [0.2, 0.25) is 6.32 Å². The molecule has 3 aromatic carbocycles. The maximum Gasteiger partial charge on any atom is 0.330 e. The third-order valence-electron chi connectivity index (χ3n) is 5.38. The third-order valence-corrected chi connectivity index (χ3v) is 5.38. The first-order chi connectivity index (χ1) is 14.5. The van der Waals surface area contributed by atoms with Crippen LogP contribution < -0.4 is 5.46 Å². The van der Waals surface area contributed by atoms with E-state index in [-0.39, 0.29) is 6.92 Å². The normalized spacial score (nSPS) is 11.7. The van der Waals surface area contributed by atoms with Crippen LogP contribution in [0.3, 0.4) is 0 Å². The van der Waals surface area contributed by atoms with E-state index in [4.69, 9.17) is 14.4 Å². The summed E-state index contributed by atoms with van der Waals surface area (Å²) in [5.74, 6) is 0.276. The molecule has 152 valence electrons. The van der Waals surface area contributed by atoms with Gasteiger partial charge in [0.1, 0.15) is 11.6 Å². The van der Waals surface area contributed by atoms with Crippen molar-refractivity contribution in [2.24, 2.45) is 0 Å². The largest absolute Gasteiger partial charge is 0.405 e. The molecule has 5 heteroatoms. The Morgan fingerprint density at radius 3 is 2.40 bits per heavy atom. The molecule has 4 rings (SSSR count). The predicted octanol–water partition coefficient (Wildman–Crippen LogP) is 5.31. The first-order valence-electron chi connectivity index (χ1n) is 10.4. The number of imidazole rings is 1.